The minimum atomic E-state index is 0.270. The van der Waals surface area contributed by atoms with E-state index in [0.717, 1.165) is 12.8 Å². The van der Waals surface area contributed by atoms with Crippen molar-refractivity contribution in [2.24, 2.45) is 0 Å². The topological polar surface area (TPSA) is 33.0 Å². The van der Waals surface area contributed by atoms with E-state index in [1.807, 2.05) is 0 Å². The van der Waals surface area contributed by atoms with Gasteiger partial charge in [-0.15, -0.1) is 0 Å². The fourth-order valence-electron chi connectivity index (χ4n) is 1.07. The molecular formula is C10H8ClNO. The van der Waals surface area contributed by atoms with Crippen LogP contribution in [0.2, 0.25) is 5.02 Å². The SMILES string of the molecule is N#Cc1cccc(Cl)c1OC1CC1. The number of para-hydroxylation sites is 1. The number of hydrogen-bond acceptors (Lipinski definition) is 2. The molecule has 1 saturated carbocycles. The van der Waals surface area contributed by atoms with Gasteiger partial charge in [0.15, 0.2) is 5.75 Å². The summed E-state index contributed by atoms with van der Waals surface area (Å²) in [7, 11) is 0. The molecule has 3 heteroatoms. The Labute approximate surface area is 81.7 Å². The summed E-state index contributed by atoms with van der Waals surface area (Å²) in [6.07, 6.45) is 2.40. The third kappa shape index (κ3) is 1.76. The van der Waals surface area contributed by atoms with Crippen molar-refractivity contribution < 1.29 is 4.74 Å². The molecule has 2 rings (SSSR count). The van der Waals surface area contributed by atoms with Gasteiger partial charge in [-0.05, 0) is 25.0 Å². The summed E-state index contributed by atoms with van der Waals surface area (Å²) in [6, 6.07) is 7.26. The highest BCUT2D eigenvalue weighted by atomic mass is 35.5. The van der Waals surface area contributed by atoms with Gasteiger partial charge in [-0.1, -0.05) is 17.7 Å². The monoisotopic (exact) mass is 193 g/mol. The Kier molecular flexibility index (Phi) is 2.12. The minimum Gasteiger partial charge on any atom is -0.487 e. The molecular weight excluding hydrogens is 186 g/mol. The lowest BCUT2D eigenvalue weighted by molar-refractivity contribution is 0.302. The Hall–Kier alpha value is -1.20. The second-order valence-corrected chi connectivity index (χ2v) is 3.45. The van der Waals surface area contributed by atoms with Crippen molar-refractivity contribution in [2.45, 2.75) is 18.9 Å². The molecule has 0 atom stereocenters. The van der Waals surface area contributed by atoms with Gasteiger partial charge in [0.2, 0.25) is 0 Å². The Balaban J connectivity index is 2.34. The third-order valence-electron chi connectivity index (χ3n) is 1.90. The molecule has 13 heavy (non-hydrogen) atoms. The molecule has 2 nitrogen and oxygen atoms in total. The van der Waals surface area contributed by atoms with Crippen molar-refractivity contribution >= 4 is 11.6 Å². The maximum atomic E-state index is 8.79. The molecule has 1 fully saturated rings. The number of hydrogen-bond donors (Lipinski definition) is 0. The van der Waals surface area contributed by atoms with E-state index in [1.165, 1.54) is 0 Å². The molecule has 0 heterocycles. The zero-order valence-electron chi connectivity index (χ0n) is 6.96. The lowest BCUT2D eigenvalue weighted by atomic mass is 10.2. The van der Waals surface area contributed by atoms with Crippen molar-refractivity contribution in [2.75, 3.05) is 0 Å². The summed E-state index contributed by atoms with van der Waals surface area (Å²) in [5.74, 6) is 0.536. The van der Waals surface area contributed by atoms with E-state index in [0.29, 0.717) is 16.3 Å². The lowest BCUT2D eigenvalue weighted by Gasteiger charge is -2.07. The zero-order chi connectivity index (χ0) is 9.26. The van der Waals surface area contributed by atoms with Gasteiger partial charge < -0.3 is 4.74 Å². The zero-order valence-corrected chi connectivity index (χ0v) is 7.71. The summed E-state index contributed by atoms with van der Waals surface area (Å²) in [5.41, 5.74) is 0.513. The molecule has 0 spiro atoms. The van der Waals surface area contributed by atoms with E-state index in [4.69, 9.17) is 21.6 Å². The van der Waals surface area contributed by atoms with Crippen LogP contribution in [0.1, 0.15) is 18.4 Å². The average Bonchev–Trinajstić information content (AvgIpc) is 2.92. The Morgan fingerprint density at radius 3 is 2.85 bits per heavy atom. The molecule has 0 amide bonds. The van der Waals surface area contributed by atoms with Gasteiger partial charge in [-0.2, -0.15) is 5.26 Å². The maximum absolute atomic E-state index is 8.79. The molecule has 1 aromatic carbocycles. The van der Waals surface area contributed by atoms with Crippen LogP contribution < -0.4 is 4.74 Å². The number of ether oxygens (including phenoxy) is 1. The molecule has 0 bridgehead atoms. The van der Waals surface area contributed by atoms with Crippen molar-refractivity contribution in [3.8, 4) is 11.8 Å². The van der Waals surface area contributed by atoms with Crippen LogP contribution in [0.15, 0.2) is 18.2 Å². The highest BCUT2D eigenvalue weighted by Gasteiger charge is 2.25. The molecule has 1 aromatic rings. The van der Waals surface area contributed by atoms with Crippen LogP contribution in [0.25, 0.3) is 0 Å². The van der Waals surface area contributed by atoms with Crippen LogP contribution in [0.3, 0.4) is 0 Å². The Morgan fingerprint density at radius 1 is 1.46 bits per heavy atom. The van der Waals surface area contributed by atoms with Crippen molar-refractivity contribution in [1.82, 2.24) is 0 Å². The highest BCUT2D eigenvalue weighted by Crippen LogP contribution is 2.34. The van der Waals surface area contributed by atoms with E-state index >= 15 is 0 Å². The minimum absolute atomic E-state index is 0.270. The van der Waals surface area contributed by atoms with E-state index in [2.05, 4.69) is 6.07 Å². The first kappa shape index (κ1) is 8.40. The summed E-state index contributed by atoms with van der Waals surface area (Å²) in [6.45, 7) is 0. The maximum Gasteiger partial charge on any atom is 0.156 e. The van der Waals surface area contributed by atoms with Crippen LogP contribution in [0.4, 0.5) is 0 Å². The first-order chi connectivity index (χ1) is 6.31. The van der Waals surface area contributed by atoms with Gasteiger partial charge in [0.25, 0.3) is 0 Å². The van der Waals surface area contributed by atoms with E-state index in [-0.39, 0.29) is 6.10 Å². The fourth-order valence-corrected chi connectivity index (χ4v) is 1.29. The van der Waals surface area contributed by atoms with Gasteiger partial charge in [0, 0.05) is 0 Å². The number of rotatable bonds is 2. The van der Waals surface area contributed by atoms with Gasteiger partial charge in [-0.25, -0.2) is 0 Å². The Morgan fingerprint density at radius 2 is 2.23 bits per heavy atom. The van der Waals surface area contributed by atoms with E-state index in [9.17, 15) is 0 Å². The number of halogens is 1. The molecule has 1 aliphatic rings. The van der Waals surface area contributed by atoms with Gasteiger partial charge in [0.1, 0.15) is 6.07 Å². The molecule has 0 saturated heterocycles. The van der Waals surface area contributed by atoms with Crippen LogP contribution in [-0.2, 0) is 0 Å². The second-order valence-electron chi connectivity index (χ2n) is 3.05. The summed E-state index contributed by atoms with van der Waals surface area (Å²) in [5, 5.41) is 9.31. The predicted molar refractivity (Wildman–Crippen MR) is 49.8 cm³/mol. The molecule has 0 unspecified atom stereocenters. The molecule has 0 aliphatic heterocycles. The standard InChI is InChI=1S/C10H8ClNO/c11-9-3-1-2-7(6-12)10(9)13-8-4-5-8/h1-3,8H,4-5H2. The molecule has 0 N–H and O–H groups in total. The molecule has 0 radical (unpaired) electrons. The highest BCUT2D eigenvalue weighted by molar-refractivity contribution is 6.32. The predicted octanol–water partition coefficient (Wildman–Crippen LogP) is 2.75. The van der Waals surface area contributed by atoms with Gasteiger partial charge in [0.05, 0.1) is 16.7 Å². The smallest absolute Gasteiger partial charge is 0.156 e. The van der Waals surface area contributed by atoms with Crippen LogP contribution in [0.5, 0.6) is 5.75 Å². The first-order valence-electron chi connectivity index (χ1n) is 4.16. The Bertz CT molecular complexity index is 366. The first-order valence-corrected chi connectivity index (χ1v) is 4.54. The quantitative estimate of drug-likeness (QED) is 0.724. The van der Waals surface area contributed by atoms with Crippen LogP contribution >= 0.6 is 11.6 Å². The van der Waals surface area contributed by atoms with Gasteiger partial charge >= 0.3 is 0 Å². The summed E-state index contributed by atoms with van der Waals surface area (Å²) < 4.78 is 5.52. The average molecular weight is 194 g/mol. The van der Waals surface area contributed by atoms with Crippen LogP contribution in [0, 0.1) is 11.3 Å². The van der Waals surface area contributed by atoms with Gasteiger partial charge in [-0.3, -0.25) is 0 Å². The van der Waals surface area contributed by atoms with Crippen molar-refractivity contribution in [3.63, 3.8) is 0 Å². The van der Waals surface area contributed by atoms with E-state index < -0.39 is 0 Å². The largest absolute Gasteiger partial charge is 0.487 e. The summed E-state index contributed by atoms with van der Waals surface area (Å²) in [4.78, 5) is 0. The van der Waals surface area contributed by atoms with E-state index in [1.54, 1.807) is 18.2 Å². The number of nitriles is 1. The molecule has 66 valence electrons. The number of nitrogens with zero attached hydrogens (tertiary/aromatic N) is 1. The van der Waals surface area contributed by atoms with Crippen molar-refractivity contribution in [1.29, 1.82) is 5.26 Å². The number of benzene rings is 1. The second kappa shape index (κ2) is 3.27. The fraction of sp³-hybridized carbons (Fsp3) is 0.300. The molecule has 1 aliphatic carbocycles. The van der Waals surface area contributed by atoms with Crippen LogP contribution in [-0.4, -0.2) is 6.10 Å². The summed E-state index contributed by atoms with van der Waals surface area (Å²) >= 11 is 5.90. The normalized spacial score (nSPS) is 15.1. The molecule has 0 aromatic heterocycles. The third-order valence-corrected chi connectivity index (χ3v) is 2.19. The van der Waals surface area contributed by atoms with Crippen molar-refractivity contribution in [3.05, 3.63) is 28.8 Å². The lowest BCUT2D eigenvalue weighted by Crippen LogP contribution is -1.98.